The largest absolute Gasteiger partial charge is 0.460 e. The monoisotopic (exact) mass is 576 g/mol. The zero-order chi connectivity index (χ0) is 28.1. The van der Waals surface area contributed by atoms with Crippen molar-refractivity contribution in [3.63, 3.8) is 0 Å². The van der Waals surface area contributed by atoms with Gasteiger partial charge < -0.3 is 14.8 Å². The zero-order valence-electron chi connectivity index (χ0n) is 23.7. The van der Waals surface area contributed by atoms with E-state index in [1.165, 1.54) is 31.0 Å². The summed E-state index contributed by atoms with van der Waals surface area (Å²) in [5, 5.41) is 7.34. The van der Waals surface area contributed by atoms with Crippen LogP contribution in [0.2, 0.25) is 0 Å². The number of rotatable bonds is 12. The third kappa shape index (κ3) is 6.55. The van der Waals surface area contributed by atoms with Gasteiger partial charge in [0.05, 0.1) is 21.0 Å². The maximum atomic E-state index is 12.9. The second-order valence-electron chi connectivity index (χ2n) is 11.1. The molecule has 212 valence electrons. The van der Waals surface area contributed by atoms with E-state index in [0.29, 0.717) is 12.0 Å². The third-order valence-corrected chi connectivity index (χ3v) is 10.5. The van der Waals surface area contributed by atoms with Crippen LogP contribution in [0.4, 0.5) is 11.6 Å². The van der Waals surface area contributed by atoms with Crippen molar-refractivity contribution >= 4 is 50.1 Å². The Morgan fingerprint density at radius 2 is 1.93 bits per heavy atom. The molecule has 8 heteroatoms. The van der Waals surface area contributed by atoms with E-state index in [0.717, 1.165) is 70.7 Å². The Bertz CT molecular complexity index is 1410. The van der Waals surface area contributed by atoms with E-state index in [4.69, 9.17) is 9.72 Å². The van der Waals surface area contributed by atoms with Crippen molar-refractivity contribution < 1.29 is 8.95 Å². The van der Waals surface area contributed by atoms with Crippen LogP contribution >= 0.6 is 11.8 Å². The minimum absolute atomic E-state index is 0.137. The van der Waals surface area contributed by atoms with Gasteiger partial charge in [0.1, 0.15) is 22.5 Å². The van der Waals surface area contributed by atoms with E-state index in [9.17, 15) is 4.21 Å². The Morgan fingerprint density at radius 1 is 1.18 bits per heavy atom. The van der Waals surface area contributed by atoms with Crippen LogP contribution in [-0.2, 0) is 11.0 Å². The van der Waals surface area contributed by atoms with Crippen molar-refractivity contribution in [1.29, 1.82) is 0 Å². The van der Waals surface area contributed by atoms with Gasteiger partial charge in [-0.25, -0.2) is 14.2 Å². The fourth-order valence-corrected chi connectivity index (χ4v) is 6.88. The van der Waals surface area contributed by atoms with Crippen molar-refractivity contribution in [2.24, 2.45) is 5.92 Å². The number of thioether (sulfide) groups is 1. The fourth-order valence-electron chi connectivity index (χ4n) is 5.02. The van der Waals surface area contributed by atoms with Crippen LogP contribution in [0.25, 0.3) is 15.7 Å². The number of hydrogen-bond donors (Lipinski definition) is 2. The minimum Gasteiger partial charge on any atom is -0.460 e. The van der Waals surface area contributed by atoms with Crippen LogP contribution in [0.3, 0.4) is 0 Å². The first-order valence-corrected chi connectivity index (χ1v) is 16.4. The normalized spacial score (nSPS) is 18.9. The van der Waals surface area contributed by atoms with Gasteiger partial charge >= 0.3 is 0 Å². The molecule has 2 aromatic carbocycles. The number of allylic oxidation sites excluding steroid dienone is 1. The van der Waals surface area contributed by atoms with Crippen molar-refractivity contribution in [3.8, 4) is 5.75 Å². The number of aromatic nitrogens is 2. The molecular weight excluding hydrogens is 537 g/mol. The van der Waals surface area contributed by atoms with Crippen molar-refractivity contribution in [2.45, 2.75) is 82.9 Å². The molecule has 2 atom stereocenters. The summed E-state index contributed by atoms with van der Waals surface area (Å²) in [4.78, 5) is 10.4. The van der Waals surface area contributed by atoms with Gasteiger partial charge in [0, 0.05) is 28.9 Å². The molecule has 0 saturated heterocycles. The summed E-state index contributed by atoms with van der Waals surface area (Å²) in [7, 11) is -1.13. The van der Waals surface area contributed by atoms with E-state index in [1.54, 1.807) is 0 Å². The van der Waals surface area contributed by atoms with E-state index in [-0.39, 0.29) is 10.7 Å². The molecule has 1 aromatic heterocycles. The van der Waals surface area contributed by atoms with Crippen molar-refractivity contribution in [3.05, 3.63) is 72.1 Å². The molecule has 2 saturated carbocycles. The Morgan fingerprint density at radius 3 is 2.62 bits per heavy atom. The lowest BCUT2D eigenvalue weighted by Crippen LogP contribution is -2.23. The number of nitrogens with one attached hydrogen (secondary N) is 2. The molecule has 2 aliphatic carbocycles. The van der Waals surface area contributed by atoms with Crippen molar-refractivity contribution in [2.75, 3.05) is 10.0 Å². The summed E-state index contributed by atoms with van der Waals surface area (Å²) in [5.74, 6) is 2.42. The molecule has 2 fully saturated rings. The summed E-state index contributed by atoms with van der Waals surface area (Å²) < 4.78 is 22.9. The van der Waals surface area contributed by atoms with Gasteiger partial charge in [0.25, 0.3) is 0 Å². The van der Waals surface area contributed by atoms with E-state index in [1.807, 2.05) is 41.9 Å². The number of anilines is 2. The molecule has 0 radical (unpaired) electrons. The average Bonchev–Trinajstić information content (AvgIpc) is 3.74. The number of fused-ring (bicyclic) bond motifs is 1. The Labute approximate surface area is 245 Å². The molecule has 3 aromatic rings. The van der Waals surface area contributed by atoms with Crippen LogP contribution in [0, 0.1) is 5.92 Å². The van der Waals surface area contributed by atoms with Gasteiger partial charge in [-0.15, -0.1) is 0 Å². The third-order valence-electron chi connectivity index (χ3n) is 8.02. The molecule has 6 nitrogen and oxygen atoms in total. The Hall–Kier alpha value is -2.84. The highest BCUT2D eigenvalue weighted by Crippen LogP contribution is 2.43. The first kappa shape index (κ1) is 28.7. The molecule has 2 unspecified atom stereocenters. The van der Waals surface area contributed by atoms with Crippen LogP contribution in [0.1, 0.15) is 77.8 Å². The molecule has 5 rings (SSSR count). The molecule has 40 heavy (non-hydrogen) atoms. The highest BCUT2D eigenvalue weighted by Gasteiger charge is 2.44. The molecule has 1 heterocycles. The molecule has 0 aliphatic heterocycles. The summed E-state index contributed by atoms with van der Waals surface area (Å²) >= 11 is 1.53. The SMILES string of the molecule is C=CS/C(=C(/Oc1ccc(NS(=O)C2(C)CC2)c2ccccc12)C(C)CC)c1ccnc(NC2CCCCC2)n1. The number of ether oxygens (including phenoxy) is 1. The molecule has 2 N–H and O–H groups in total. The summed E-state index contributed by atoms with van der Waals surface area (Å²) in [6.45, 7) is 10.4. The van der Waals surface area contributed by atoms with Gasteiger partial charge in [-0.1, -0.05) is 75.7 Å². The van der Waals surface area contributed by atoms with Gasteiger partial charge in [-0.3, -0.25) is 0 Å². The summed E-state index contributed by atoms with van der Waals surface area (Å²) in [6, 6.07) is 14.5. The zero-order valence-corrected chi connectivity index (χ0v) is 25.4. The Balaban J connectivity index is 1.51. The predicted molar refractivity (Wildman–Crippen MR) is 171 cm³/mol. The molecular formula is C32H40N4O2S2. The summed E-state index contributed by atoms with van der Waals surface area (Å²) in [6.07, 6.45) is 10.8. The quantitative estimate of drug-likeness (QED) is 0.210. The van der Waals surface area contributed by atoms with Gasteiger partial charge in [0.2, 0.25) is 5.95 Å². The van der Waals surface area contributed by atoms with Crippen molar-refractivity contribution in [1.82, 2.24) is 9.97 Å². The Kier molecular flexibility index (Phi) is 9.16. The number of nitrogens with zero attached hydrogens (tertiary/aromatic N) is 2. The molecule has 0 spiro atoms. The summed E-state index contributed by atoms with van der Waals surface area (Å²) in [5.41, 5.74) is 1.68. The second-order valence-corrected chi connectivity index (χ2v) is 13.8. The smallest absolute Gasteiger partial charge is 0.223 e. The molecule has 0 amide bonds. The van der Waals surface area contributed by atoms with E-state index < -0.39 is 11.0 Å². The van der Waals surface area contributed by atoms with Gasteiger partial charge in [-0.2, -0.15) is 0 Å². The van der Waals surface area contributed by atoms with Crippen LogP contribution in [0.5, 0.6) is 5.75 Å². The number of benzene rings is 2. The first-order valence-electron chi connectivity index (χ1n) is 14.4. The van der Waals surface area contributed by atoms with E-state index in [2.05, 4.69) is 54.5 Å². The lowest BCUT2D eigenvalue weighted by molar-refractivity contribution is 0.360. The lowest BCUT2D eigenvalue weighted by Gasteiger charge is -2.23. The molecule has 0 bridgehead atoms. The maximum absolute atomic E-state index is 12.9. The predicted octanol–water partition coefficient (Wildman–Crippen LogP) is 8.67. The fraction of sp³-hybridized carbons (Fsp3) is 0.438. The highest BCUT2D eigenvalue weighted by molar-refractivity contribution is 8.10. The van der Waals surface area contributed by atoms with Crippen LogP contribution in [0.15, 0.2) is 66.4 Å². The highest BCUT2D eigenvalue weighted by atomic mass is 32.2. The van der Waals surface area contributed by atoms with Gasteiger partial charge in [-0.05, 0) is 62.6 Å². The number of hydrogen-bond acceptors (Lipinski definition) is 6. The topological polar surface area (TPSA) is 76.1 Å². The van der Waals surface area contributed by atoms with E-state index >= 15 is 0 Å². The van der Waals surface area contributed by atoms with Crippen LogP contribution in [-0.4, -0.2) is 25.0 Å². The molecule has 2 aliphatic rings. The maximum Gasteiger partial charge on any atom is 0.223 e. The van der Waals surface area contributed by atoms with Crippen LogP contribution < -0.4 is 14.8 Å². The van der Waals surface area contributed by atoms with Gasteiger partial charge in [0.15, 0.2) is 0 Å². The standard InChI is InChI=1S/C32H40N4O2S2/c1-5-22(3)29(30(39-6-2)27-18-21-33-31(35-27)34-23-12-8-7-9-13-23)38-28-17-16-26(24-14-10-11-15-25(24)28)36-40(37)32(4)19-20-32/h6,10-11,14-18,21-23,36H,2,5,7-9,12-13,19-20H2,1,3-4H3,(H,33,34,35)/b30-29+. The second kappa shape index (κ2) is 12.8. The first-order chi connectivity index (χ1) is 19.4. The lowest BCUT2D eigenvalue weighted by atomic mass is 9.96. The minimum atomic E-state index is -1.13. The average molecular weight is 577 g/mol.